The van der Waals surface area contributed by atoms with Crippen molar-refractivity contribution < 1.29 is 26.7 Å². The van der Waals surface area contributed by atoms with Gasteiger partial charge in [-0.05, 0) is 56.7 Å². The van der Waals surface area contributed by atoms with Gasteiger partial charge in [-0.1, -0.05) is 5.10 Å². The first-order valence-corrected chi connectivity index (χ1v) is 11.4. The maximum absolute atomic E-state index is 13.7. The molecule has 35 heavy (non-hydrogen) atoms. The normalized spacial score (nSPS) is 22.2. The molecule has 1 saturated carbocycles. The molecule has 3 atom stereocenters. The summed E-state index contributed by atoms with van der Waals surface area (Å²) in [7, 11) is 0. The van der Waals surface area contributed by atoms with Gasteiger partial charge < -0.3 is 19.4 Å². The lowest BCUT2D eigenvalue weighted by molar-refractivity contribution is -0.140. The zero-order valence-electron chi connectivity index (χ0n) is 19.4. The summed E-state index contributed by atoms with van der Waals surface area (Å²) in [5, 5.41) is 15.9. The summed E-state index contributed by atoms with van der Waals surface area (Å²) in [5.74, 6) is -0.0775. The molecule has 0 radical (unpaired) electrons. The SMILES string of the molecule is Cc1nnc(N2C[C@H]3CC[C@@H](C2)[C@H]3Nc2nc(Oc3ccc(F)c(C(F)(F)F)c3)n(C(C)C)n2)o1. The summed E-state index contributed by atoms with van der Waals surface area (Å²) >= 11 is 0. The van der Waals surface area contributed by atoms with Crippen molar-refractivity contribution in [3.05, 3.63) is 35.5 Å². The Balaban J connectivity index is 1.34. The molecule has 5 rings (SSSR count). The van der Waals surface area contributed by atoms with Crippen LogP contribution in [0.5, 0.6) is 11.8 Å². The Morgan fingerprint density at radius 3 is 2.46 bits per heavy atom. The highest BCUT2D eigenvalue weighted by atomic mass is 19.4. The molecule has 1 aromatic carbocycles. The molecule has 2 aromatic heterocycles. The van der Waals surface area contributed by atoms with E-state index in [-0.39, 0.29) is 23.8 Å². The maximum atomic E-state index is 13.7. The highest BCUT2D eigenvalue weighted by Crippen LogP contribution is 2.40. The number of ether oxygens (including phenoxy) is 1. The first-order valence-electron chi connectivity index (χ1n) is 11.4. The van der Waals surface area contributed by atoms with Gasteiger partial charge in [0.05, 0.1) is 11.6 Å². The number of nitrogens with one attached hydrogen (secondary N) is 1. The third kappa shape index (κ3) is 4.63. The summed E-state index contributed by atoms with van der Waals surface area (Å²) in [5.41, 5.74) is -1.40. The first-order chi connectivity index (χ1) is 16.6. The lowest BCUT2D eigenvalue weighted by Crippen LogP contribution is -2.48. The number of piperidine rings is 1. The van der Waals surface area contributed by atoms with E-state index >= 15 is 0 Å². The van der Waals surface area contributed by atoms with Crippen molar-refractivity contribution in [1.29, 1.82) is 0 Å². The van der Waals surface area contributed by atoms with E-state index in [1.165, 1.54) is 4.68 Å². The molecule has 9 nitrogen and oxygen atoms in total. The highest BCUT2D eigenvalue weighted by Gasteiger charge is 2.44. The molecule has 188 valence electrons. The maximum Gasteiger partial charge on any atom is 0.419 e. The van der Waals surface area contributed by atoms with Gasteiger partial charge in [0.25, 0.3) is 0 Å². The second kappa shape index (κ2) is 8.68. The zero-order chi connectivity index (χ0) is 24.9. The molecule has 3 heterocycles. The average molecular weight is 495 g/mol. The molecule has 0 spiro atoms. The van der Waals surface area contributed by atoms with Crippen LogP contribution < -0.4 is 15.0 Å². The zero-order valence-corrected chi connectivity index (χ0v) is 19.4. The number of hydrogen-bond donors (Lipinski definition) is 1. The van der Waals surface area contributed by atoms with E-state index in [4.69, 9.17) is 9.15 Å². The van der Waals surface area contributed by atoms with Crippen molar-refractivity contribution in [2.45, 2.75) is 51.9 Å². The topological polar surface area (TPSA) is 94.1 Å². The molecule has 0 amide bonds. The Morgan fingerprint density at radius 1 is 1.14 bits per heavy atom. The van der Waals surface area contributed by atoms with Crippen LogP contribution in [-0.4, -0.2) is 44.1 Å². The molecular formula is C22H25F4N7O2. The van der Waals surface area contributed by atoms with E-state index in [2.05, 4.69) is 30.5 Å². The fraction of sp³-hybridized carbons (Fsp3) is 0.545. The Kier molecular flexibility index (Phi) is 5.80. The summed E-state index contributed by atoms with van der Waals surface area (Å²) in [6.07, 6.45) is -2.79. The minimum atomic E-state index is -4.84. The lowest BCUT2D eigenvalue weighted by atomic mass is 9.92. The molecule has 1 N–H and O–H groups in total. The van der Waals surface area contributed by atoms with Gasteiger partial charge in [-0.25, -0.2) is 9.07 Å². The van der Waals surface area contributed by atoms with E-state index in [9.17, 15) is 17.6 Å². The third-order valence-electron chi connectivity index (χ3n) is 6.46. The monoisotopic (exact) mass is 495 g/mol. The minimum absolute atomic E-state index is 0.0216. The molecule has 1 aliphatic heterocycles. The van der Waals surface area contributed by atoms with Gasteiger partial charge in [0.15, 0.2) is 0 Å². The first kappa shape index (κ1) is 23.4. The van der Waals surface area contributed by atoms with Crippen molar-refractivity contribution in [2.24, 2.45) is 11.8 Å². The van der Waals surface area contributed by atoms with Crippen molar-refractivity contribution in [3.8, 4) is 11.8 Å². The molecule has 1 aliphatic carbocycles. The Morgan fingerprint density at radius 2 is 1.86 bits per heavy atom. The van der Waals surface area contributed by atoms with Crippen LogP contribution in [0.25, 0.3) is 0 Å². The number of anilines is 2. The predicted molar refractivity (Wildman–Crippen MR) is 117 cm³/mol. The number of fused-ring (bicyclic) bond motifs is 2. The number of halogens is 4. The van der Waals surface area contributed by atoms with E-state index in [0.717, 1.165) is 38.1 Å². The standard InChI is InChI=1S/C22H25F4N7O2/c1-11(2)33-20(35-15-6-7-17(23)16(8-15)22(24,25)26)28-19(31-33)27-18-13-4-5-14(18)10-32(9-13)21-30-29-12(3)34-21/h6-8,11,13-14,18H,4-5,9-10H2,1-3H3,(H,27,31)/t13-,14+,18+. The Hall–Kier alpha value is -3.38. The Labute approximate surface area is 198 Å². The largest absolute Gasteiger partial charge is 0.424 e. The van der Waals surface area contributed by atoms with E-state index in [0.29, 0.717) is 35.8 Å². The predicted octanol–water partition coefficient (Wildman–Crippen LogP) is 4.83. The van der Waals surface area contributed by atoms with E-state index < -0.39 is 17.6 Å². The van der Waals surface area contributed by atoms with Crippen LogP contribution in [-0.2, 0) is 6.18 Å². The molecular weight excluding hydrogens is 470 g/mol. The van der Waals surface area contributed by atoms with Crippen molar-refractivity contribution >= 4 is 12.0 Å². The number of nitrogens with zero attached hydrogens (tertiary/aromatic N) is 6. The lowest BCUT2D eigenvalue weighted by Gasteiger charge is -2.37. The number of aromatic nitrogens is 5. The molecule has 13 heteroatoms. The van der Waals surface area contributed by atoms with Gasteiger partial charge >= 0.3 is 18.2 Å². The fourth-order valence-corrected chi connectivity index (χ4v) is 4.84. The second-order valence-electron chi connectivity index (χ2n) is 9.27. The van der Waals surface area contributed by atoms with Crippen molar-refractivity contribution in [3.63, 3.8) is 0 Å². The van der Waals surface area contributed by atoms with Crippen LogP contribution in [0.1, 0.15) is 44.2 Å². The van der Waals surface area contributed by atoms with E-state index in [1.807, 2.05) is 13.8 Å². The number of hydrogen-bond acceptors (Lipinski definition) is 8. The fourth-order valence-electron chi connectivity index (χ4n) is 4.84. The third-order valence-corrected chi connectivity index (χ3v) is 6.46. The molecule has 2 aliphatic rings. The van der Waals surface area contributed by atoms with Gasteiger partial charge in [-0.3, -0.25) is 0 Å². The number of rotatable bonds is 6. The summed E-state index contributed by atoms with van der Waals surface area (Å²) in [6, 6.07) is 2.97. The summed E-state index contributed by atoms with van der Waals surface area (Å²) in [6.45, 7) is 6.96. The molecule has 2 fully saturated rings. The second-order valence-corrected chi connectivity index (χ2v) is 9.27. The number of aryl methyl sites for hydroxylation is 1. The van der Waals surface area contributed by atoms with Crippen LogP contribution in [0, 0.1) is 24.6 Å². The van der Waals surface area contributed by atoms with Crippen LogP contribution >= 0.6 is 0 Å². The number of benzene rings is 1. The van der Waals surface area contributed by atoms with Crippen LogP contribution in [0.2, 0.25) is 0 Å². The van der Waals surface area contributed by atoms with Crippen molar-refractivity contribution in [2.75, 3.05) is 23.3 Å². The quantitative estimate of drug-likeness (QED) is 0.486. The van der Waals surface area contributed by atoms with Crippen LogP contribution in [0.4, 0.5) is 29.5 Å². The van der Waals surface area contributed by atoms with Crippen LogP contribution in [0.3, 0.4) is 0 Å². The number of alkyl halides is 3. The van der Waals surface area contributed by atoms with Gasteiger partial charge in [0.1, 0.15) is 11.6 Å². The summed E-state index contributed by atoms with van der Waals surface area (Å²) < 4.78 is 65.7. The molecule has 2 bridgehead atoms. The molecule has 1 saturated heterocycles. The van der Waals surface area contributed by atoms with Crippen LogP contribution in [0.15, 0.2) is 22.6 Å². The van der Waals surface area contributed by atoms with Gasteiger partial charge in [-0.2, -0.15) is 18.2 Å². The smallest absolute Gasteiger partial charge is 0.419 e. The van der Waals surface area contributed by atoms with Gasteiger partial charge in [-0.15, -0.1) is 10.2 Å². The summed E-state index contributed by atoms with van der Waals surface area (Å²) in [4.78, 5) is 6.50. The van der Waals surface area contributed by atoms with Gasteiger partial charge in [0.2, 0.25) is 11.8 Å². The minimum Gasteiger partial charge on any atom is -0.424 e. The molecule has 3 aromatic rings. The van der Waals surface area contributed by atoms with Crippen molar-refractivity contribution in [1.82, 2.24) is 25.0 Å². The Bertz CT molecular complexity index is 1190. The van der Waals surface area contributed by atoms with E-state index in [1.54, 1.807) is 6.92 Å². The highest BCUT2D eigenvalue weighted by molar-refractivity contribution is 5.36. The average Bonchev–Trinajstić information content (AvgIpc) is 3.45. The molecule has 0 unspecified atom stereocenters. The van der Waals surface area contributed by atoms with Gasteiger partial charge in [0, 0.05) is 26.1 Å².